The van der Waals surface area contributed by atoms with Crippen LogP contribution in [0.5, 0.6) is 5.75 Å². The highest BCUT2D eigenvalue weighted by atomic mass is 32.2. The molecule has 0 aliphatic carbocycles. The predicted octanol–water partition coefficient (Wildman–Crippen LogP) is 3.97. The van der Waals surface area contributed by atoms with Crippen LogP contribution in [0.2, 0.25) is 0 Å². The molecule has 1 N–H and O–H groups in total. The van der Waals surface area contributed by atoms with E-state index in [2.05, 4.69) is 28.9 Å². The largest absolute Gasteiger partial charge is 0.485 e. The molecule has 10 heteroatoms. The third-order valence-electron chi connectivity index (χ3n) is 7.70. The van der Waals surface area contributed by atoms with Crippen molar-refractivity contribution >= 4 is 15.7 Å². The Morgan fingerprint density at radius 1 is 1.11 bits per heavy atom. The molecule has 9 nitrogen and oxygen atoms in total. The molecule has 1 aromatic carbocycles. The maximum Gasteiger partial charge on any atom is 0.185 e. The van der Waals surface area contributed by atoms with Crippen LogP contribution in [0.3, 0.4) is 0 Å². The Labute approximate surface area is 212 Å². The maximum atomic E-state index is 12.9. The van der Waals surface area contributed by atoms with Crippen molar-refractivity contribution in [3.8, 4) is 28.4 Å². The summed E-state index contributed by atoms with van der Waals surface area (Å²) in [6.07, 6.45) is 4.63. The SMILES string of the molecule is CC[C@@H]1COC[C@@]2(CC)COc3c(nc(-c4ccc(-c5ccn[nH]5)cc4)nc3C(C)(C)S(C)(=O)=O)N12. The molecule has 1 saturated heterocycles. The fraction of sp³-hybridized carbons (Fsp3) is 0.500. The van der Waals surface area contributed by atoms with Gasteiger partial charge >= 0.3 is 0 Å². The number of aromatic amines is 1. The lowest BCUT2D eigenvalue weighted by Crippen LogP contribution is -2.66. The highest BCUT2D eigenvalue weighted by molar-refractivity contribution is 7.91. The Hall–Kier alpha value is -2.98. The third-order valence-corrected chi connectivity index (χ3v) is 9.75. The number of aromatic nitrogens is 4. The van der Waals surface area contributed by atoms with Crippen molar-refractivity contribution in [2.24, 2.45) is 0 Å². The Kier molecular flexibility index (Phi) is 6.07. The zero-order valence-corrected chi connectivity index (χ0v) is 22.2. The van der Waals surface area contributed by atoms with Crippen LogP contribution in [0.15, 0.2) is 36.5 Å². The van der Waals surface area contributed by atoms with Gasteiger partial charge in [-0.05, 0) is 38.3 Å². The zero-order chi connectivity index (χ0) is 25.7. The summed E-state index contributed by atoms with van der Waals surface area (Å²) in [4.78, 5) is 12.2. The maximum absolute atomic E-state index is 12.9. The number of benzene rings is 1. The van der Waals surface area contributed by atoms with Gasteiger partial charge in [0.15, 0.2) is 27.2 Å². The second kappa shape index (κ2) is 8.85. The fourth-order valence-corrected chi connectivity index (χ4v) is 5.46. The number of sulfone groups is 1. The highest BCUT2D eigenvalue weighted by Gasteiger charge is 2.50. The molecule has 0 unspecified atom stereocenters. The van der Waals surface area contributed by atoms with Gasteiger partial charge in [-0.2, -0.15) is 5.10 Å². The van der Waals surface area contributed by atoms with Gasteiger partial charge in [-0.1, -0.05) is 38.1 Å². The quantitative estimate of drug-likeness (QED) is 0.529. The predicted molar refractivity (Wildman–Crippen MR) is 139 cm³/mol. The molecule has 2 aliphatic rings. The molecule has 4 heterocycles. The van der Waals surface area contributed by atoms with Crippen LogP contribution in [0.4, 0.5) is 5.82 Å². The lowest BCUT2D eigenvalue weighted by Gasteiger charge is -2.54. The Morgan fingerprint density at radius 2 is 1.83 bits per heavy atom. The molecule has 3 aromatic rings. The number of fused-ring (bicyclic) bond motifs is 3. The number of hydrogen-bond donors (Lipinski definition) is 1. The molecule has 2 aromatic heterocycles. The van der Waals surface area contributed by atoms with E-state index in [1.165, 1.54) is 6.26 Å². The molecular formula is C26H33N5O4S. The number of hydrogen-bond acceptors (Lipinski definition) is 8. The first-order chi connectivity index (χ1) is 17.1. The minimum absolute atomic E-state index is 0.0982. The van der Waals surface area contributed by atoms with Gasteiger partial charge in [-0.15, -0.1) is 0 Å². The van der Waals surface area contributed by atoms with E-state index in [9.17, 15) is 8.42 Å². The monoisotopic (exact) mass is 511 g/mol. The molecule has 0 radical (unpaired) electrons. The van der Waals surface area contributed by atoms with Crippen molar-refractivity contribution < 1.29 is 17.9 Å². The Bertz CT molecular complexity index is 1360. The zero-order valence-electron chi connectivity index (χ0n) is 21.4. The van der Waals surface area contributed by atoms with Gasteiger partial charge in [0, 0.05) is 18.0 Å². The van der Waals surface area contributed by atoms with Crippen LogP contribution in [0, 0.1) is 0 Å². The van der Waals surface area contributed by atoms with Gasteiger partial charge in [0.25, 0.3) is 0 Å². The lowest BCUT2D eigenvalue weighted by atomic mass is 9.89. The summed E-state index contributed by atoms with van der Waals surface area (Å²) in [5, 5.41) is 6.99. The molecule has 1 fully saturated rings. The number of H-pyrrole nitrogens is 1. The molecule has 0 saturated carbocycles. The van der Waals surface area contributed by atoms with Gasteiger partial charge in [0.1, 0.15) is 17.0 Å². The second-order valence-electron chi connectivity index (χ2n) is 10.2. The Balaban J connectivity index is 1.72. The molecule has 0 amide bonds. The summed E-state index contributed by atoms with van der Waals surface area (Å²) < 4.78 is 36.9. The van der Waals surface area contributed by atoms with Gasteiger partial charge in [-0.25, -0.2) is 18.4 Å². The van der Waals surface area contributed by atoms with Crippen LogP contribution in [0.25, 0.3) is 22.6 Å². The molecule has 36 heavy (non-hydrogen) atoms. The number of rotatable bonds is 6. The molecule has 5 rings (SSSR count). The van der Waals surface area contributed by atoms with Crippen molar-refractivity contribution in [2.45, 2.75) is 56.9 Å². The van der Waals surface area contributed by atoms with E-state index in [-0.39, 0.29) is 11.6 Å². The van der Waals surface area contributed by atoms with Gasteiger partial charge in [0.2, 0.25) is 0 Å². The summed E-state index contributed by atoms with van der Waals surface area (Å²) in [7, 11) is -3.52. The van der Waals surface area contributed by atoms with Crippen LogP contribution in [0.1, 0.15) is 46.2 Å². The summed E-state index contributed by atoms with van der Waals surface area (Å²) in [6, 6.07) is 9.85. The summed E-state index contributed by atoms with van der Waals surface area (Å²) in [5.41, 5.74) is 2.70. The standard InChI is InChI=1S/C26H33N5O4S/c1-6-19-14-34-15-26(7-2)16-35-21-22(25(3,4)36(5,32)33)28-23(29-24(21)31(19)26)18-10-8-17(9-11-18)20-12-13-27-30-20/h8-13,19H,6-7,14-16H2,1-5H3,(H,27,30)/t19-,26+/m1/s1. The molecule has 192 valence electrons. The average molecular weight is 512 g/mol. The first kappa shape index (κ1) is 24.7. The number of ether oxygens (including phenoxy) is 2. The lowest BCUT2D eigenvalue weighted by molar-refractivity contribution is -0.00677. The van der Waals surface area contributed by atoms with Crippen LogP contribution in [-0.2, 0) is 19.3 Å². The van der Waals surface area contributed by atoms with Crippen molar-refractivity contribution in [2.75, 3.05) is 31.0 Å². The van der Waals surface area contributed by atoms with Crippen molar-refractivity contribution in [1.82, 2.24) is 20.2 Å². The smallest absolute Gasteiger partial charge is 0.185 e. The van der Waals surface area contributed by atoms with Gasteiger partial charge in [0.05, 0.1) is 30.5 Å². The number of morpholine rings is 1. The van der Waals surface area contributed by atoms with E-state index < -0.39 is 14.6 Å². The van der Waals surface area contributed by atoms with Crippen LogP contribution < -0.4 is 9.64 Å². The van der Waals surface area contributed by atoms with E-state index in [4.69, 9.17) is 19.4 Å². The summed E-state index contributed by atoms with van der Waals surface area (Å²) in [5.74, 6) is 1.56. The molecule has 2 atom stereocenters. The topological polar surface area (TPSA) is 110 Å². The summed E-state index contributed by atoms with van der Waals surface area (Å²) in [6.45, 7) is 9.12. The van der Waals surface area contributed by atoms with Crippen molar-refractivity contribution in [3.05, 3.63) is 42.2 Å². The first-order valence-corrected chi connectivity index (χ1v) is 14.2. The highest BCUT2D eigenvalue weighted by Crippen LogP contribution is 2.48. The average Bonchev–Trinajstić information content (AvgIpc) is 3.42. The van der Waals surface area contributed by atoms with Gasteiger partial charge in [-0.3, -0.25) is 5.10 Å². The molecule has 0 spiro atoms. The van der Waals surface area contributed by atoms with Gasteiger partial charge < -0.3 is 14.4 Å². The van der Waals surface area contributed by atoms with Crippen LogP contribution >= 0.6 is 0 Å². The number of anilines is 1. The Morgan fingerprint density at radius 3 is 2.44 bits per heavy atom. The summed E-state index contributed by atoms with van der Waals surface area (Å²) >= 11 is 0. The molecule has 0 bridgehead atoms. The fourth-order valence-electron chi connectivity index (χ4n) is 4.97. The molecule has 2 aliphatic heterocycles. The van der Waals surface area contributed by atoms with E-state index in [0.717, 1.165) is 29.7 Å². The van der Waals surface area contributed by atoms with Crippen molar-refractivity contribution in [1.29, 1.82) is 0 Å². The third kappa shape index (κ3) is 3.87. The minimum atomic E-state index is -3.52. The van der Waals surface area contributed by atoms with E-state index in [0.29, 0.717) is 42.9 Å². The molecular weight excluding hydrogens is 478 g/mol. The normalized spacial score (nSPS) is 22.0. The van der Waals surface area contributed by atoms with Crippen LogP contribution in [-0.4, -0.2) is 66.2 Å². The second-order valence-corrected chi connectivity index (χ2v) is 12.8. The number of nitrogens with one attached hydrogen (secondary N) is 1. The number of nitrogens with zero attached hydrogens (tertiary/aromatic N) is 4. The first-order valence-electron chi connectivity index (χ1n) is 12.3. The van der Waals surface area contributed by atoms with Crippen molar-refractivity contribution in [3.63, 3.8) is 0 Å². The van der Waals surface area contributed by atoms with E-state index in [1.54, 1.807) is 20.0 Å². The van der Waals surface area contributed by atoms with E-state index >= 15 is 0 Å². The van der Waals surface area contributed by atoms with E-state index in [1.807, 2.05) is 30.3 Å². The minimum Gasteiger partial charge on any atom is -0.485 e.